The van der Waals surface area contributed by atoms with Gasteiger partial charge in [0.15, 0.2) is 0 Å². The highest BCUT2D eigenvalue weighted by molar-refractivity contribution is 6.04. The first-order chi connectivity index (χ1) is 15.3. The summed E-state index contributed by atoms with van der Waals surface area (Å²) >= 11 is 0. The molecule has 0 aromatic rings. The molecule has 6 heteroatoms. The van der Waals surface area contributed by atoms with E-state index in [1.54, 1.807) is 0 Å². The smallest absolute Gasteiger partial charge is 0.322 e. The molecule has 0 radical (unpaired) electrons. The van der Waals surface area contributed by atoms with Gasteiger partial charge in [-0.25, -0.2) is 4.79 Å². The van der Waals surface area contributed by atoms with Crippen molar-refractivity contribution in [3.63, 3.8) is 0 Å². The van der Waals surface area contributed by atoms with Gasteiger partial charge in [0.1, 0.15) is 6.04 Å². The van der Waals surface area contributed by atoms with Crippen molar-refractivity contribution < 1.29 is 9.59 Å². The molecule has 0 spiro atoms. The van der Waals surface area contributed by atoms with Crippen molar-refractivity contribution in [1.29, 1.82) is 0 Å². The number of imide groups is 1. The molecule has 0 aromatic heterocycles. The highest BCUT2D eigenvalue weighted by atomic mass is 16.2. The zero-order valence-electron chi connectivity index (χ0n) is 22.9. The van der Waals surface area contributed by atoms with E-state index in [-0.39, 0.29) is 17.4 Å². The normalized spacial score (nSPS) is 28.3. The molecule has 3 amide bonds. The van der Waals surface area contributed by atoms with E-state index in [0.717, 1.165) is 52.1 Å². The first-order valence-corrected chi connectivity index (χ1v) is 13.4. The third kappa shape index (κ3) is 7.95. The van der Waals surface area contributed by atoms with Gasteiger partial charge in [-0.2, -0.15) is 0 Å². The van der Waals surface area contributed by atoms with Gasteiger partial charge in [0, 0.05) is 44.7 Å². The molecule has 4 unspecified atom stereocenters. The Morgan fingerprint density at radius 1 is 0.848 bits per heavy atom. The predicted molar refractivity (Wildman–Crippen MR) is 137 cm³/mol. The lowest BCUT2D eigenvalue weighted by atomic mass is 9.71. The van der Waals surface area contributed by atoms with Crippen LogP contribution in [0.5, 0.6) is 0 Å². The number of hydrogen-bond acceptors (Lipinski definition) is 4. The Morgan fingerprint density at radius 3 is 1.76 bits per heavy atom. The number of amides is 3. The van der Waals surface area contributed by atoms with E-state index < -0.39 is 6.04 Å². The van der Waals surface area contributed by atoms with E-state index in [9.17, 15) is 9.59 Å². The lowest BCUT2D eigenvalue weighted by Crippen LogP contribution is -2.55. The number of nitrogens with zero attached hydrogens (tertiary/aromatic N) is 2. The van der Waals surface area contributed by atoms with E-state index in [1.165, 1.54) is 0 Å². The summed E-state index contributed by atoms with van der Waals surface area (Å²) in [5.41, 5.74) is -0.230. The summed E-state index contributed by atoms with van der Waals surface area (Å²) in [4.78, 5) is 30.3. The first kappa shape index (κ1) is 28.1. The monoisotopic (exact) mass is 464 g/mol. The lowest BCUT2D eigenvalue weighted by Gasteiger charge is -2.43. The van der Waals surface area contributed by atoms with E-state index in [2.05, 4.69) is 82.7 Å². The zero-order valence-corrected chi connectivity index (χ0v) is 22.9. The summed E-state index contributed by atoms with van der Waals surface area (Å²) in [5.74, 6) is 3.18. The largest absolute Gasteiger partial charge is 0.325 e. The fraction of sp³-hybridized carbons (Fsp3) is 0.926. The number of hydrogen-bond donors (Lipinski definition) is 2. The summed E-state index contributed by atoms with van der Waals surface area (Å²) < 4.78 is 0. The molecule has 2 N–H and O–H groups in total. The van der Waals surface area contributed by atoms with E-state index in [0.29, 0.717) is 35.5 Å². The van der Waals surface area contributed by atoms with Gasteiger partial charge in [-0.1, -0.05) is 62.3 Å². The van der Waals surface area contributed by atoms with Crippen LogP contribution in [0.2, 0.25) is 0 Å². The van der Waals surface area contributed by atoms with Crippen molar-refractivity contribution in [2.75, 3.05) is 39.3 Å². The molecule has 1 heterocycles. The van der Waals surface area contributed by atoms with Gasteiger partial charge in [-0.15, -0.1) is 0 Å². The van der Waals surface area contributed by atoms with Crippen molar-refractivity contribution in [2.45, 2.75) is 81.2 Å². The third-order valence-electron chi connectivity index (χ3n) is 7.21. The van der Waals surface area contributed by atoms with Crippen LogP contribution in [0.3, 0.4) is 0 Å². The Kier molecular flexibility index (Phi) is 10.2. The molecule has 1 saturated carbocycles. The van der Waals surface area contributed by atoms with Gasteiger partial charge < -0.3 is 15.1 Å². The molecule has 2 rings (SSSR count). The maximum atomic E-state index is 12.9. The summed E-state index contributed by atoms with van der Waals surface area (Å²) in [5, 5.41) is 5.56. The summed E-state index contributed by atoms with van der Waals surface area (Å²) in [6.07, 6.45) is 2.11. The Bertz CT molecular complexity index is 628. The van der Waals surface area contributed by atoms with Gasteiger partial charge in [-0.3, -0.25) is 10.1 Å². The Morgan fingerprint density at radius 2 is 1.33 bits per heavy atom. The Labute approximate surface area is 203 Å². The van der Waals surface area contributed by atoms with Crippen molar-refractivity contribution in [3.8, 4) is 0 Å². The maximum Gasteiger partial charge on any atom is 0.322 e. The average molecular weight is 465 g/mol. The third-order valence-corrected chi connectivity index (χ3v) is 7.21. The summed E-state index contributed by atoms with van der Waals surface area (Å²) in [7, 11) is 0. The fourth-order valence-corrected chi connectivity index (χ4v) is 6.51. The number of nitrogens with one attached hydrogen (secondary N) is 2. The standard InChI is InChI=1S/C27H52N4O2/c1-18(2)12-30(13-19(3)4)16-23-10-22(9)27(11-23,24-25(32)29-26(33)28-24)17-31(14-20(5)6)15-21(7)8/h18-24H,10-17H2,1-9H3,(H2,28,29,32,33). The molecule has 2 fully saturated rings. The highest BCUT2D eigenvalue weighted by Crippen LogP contribution is 2.50. The Hall–Kier alpha value is -1.14. The average Bonchev–Trinajstić information content (AvgIpc) is 3.11. The van der Waals surface area contributed by atoms with Gasteiger partial charge >= 0.3 is 6.03 Å². The van der Waals surface area contributed by atoms with E-state index >= 15 is 0 Å². The first-order valence-electron chi connectivity index (χ1n) is 13.4. The van der Waals surface area contributed by atoms with Gasteiger partial charge in [0.25, 0.3) is 5.91 Å². The van der Waals surface area contributed by atoms with Crippen LogP contribution < -0.4 is 10.6 Å². The number of urea groups is 1. The van der Waals surface area contributed by atoms with Crippen LogP contribution >= 0.6 is 0 Å². The topological polar surface area (TPSA) is 64.7 Å². The fourth-order valence-electron chi connectivity index (χ4n) is 6.51. The molecule has 192 valence electrons. The van der Waals surface area contributed by atoms with Crippen LogP contribution in [0.15, 0.2) is 0 Å². The lowest BCUT2D eigenvalue weighted by molar-refractivity contribution is -0.124. The van der Waals surface area contributed by atoms with Crippen molar-refractivity contribution in [2.24, 2.45) is 40.9 Å². The van der Waals surface area contributed by atoms with Crippen LogP contribution in [0.1, 0.15) is 75.2 Å². The van der Waals surface area contributed by atoms with Crippen LogP contribution in [-0.4, -0.2) is 67.0 Å². The van der Waals surface area contributed by atoms with Crippen LogP contribution in [0, 0.1) is 40.9 Å². The highest BCUT2D eigenvalue weighted by Gasteiger charge is 2.56. The predicted octanol–water partition coefficient (Wildman–Crippen LogP) is 4.45. The summed E-state index contributed by atoms with van der Waals surface area (Å²) in [6, 6.07) is -0.768. The van der Waals surface area contributed by atoms with Gasteiger partial charge in [0.2, 0.25) is 0 Å². The number of rotatable bonds is 13. The molecule has 0 bridgehead atoms. The van der Waals surface area contributed by atoms with Crippen molar-refractivity contribution in [3.05, 3.63) is 0 Å². The molecule has 1 aliphatic carbocycles. The molecule has 1 aliphatic heterocycles. The quantitative estimate of drug-likeness (QED) is 0.395. The minimum Gasteiger partial charge on any atom is -0.325 e. The van der Waals surface area contributed by atoms with Crippen molar-refractivity contribution >= 4 is 11.9 Å². The second-order valence-electron chi connectivity index (χ2n) is 12.8. The van der Waals surface area contributed by atoms with Crippen LogP contribution in [0.4, 0.5) is 4.79 Å². The molecule has 33 heavy (non-hydrogen) atoms. The zero-order chi connectivity index (χ0) is 24.9. The SMILES string of the molecule is CC(C)CN(CC(C)C)CC1CC(C)C(CN(CC(C)C)CC(C)C)(C2NC(=O)NC2=O)C1. The molecular weight excluding hydrogens is 412 g/mol. The van der Waals surface area contributed by atoms with Crippen molar-refractivity contribution in [1.82, 2.24) is 20.4 Å². The van der Waals surface area contributed by atoms with Gasteiger partial charge in [-0.05, 0) is 48.3 Å². The molecular formula is C27H52N4O2. The van der Waals surface area contributed by atoms with Crippen LogP contribution in [-0.2, 0) is 4.79 Å². The van der Waals surface area contributed by atoms with Gasteiger partial charge in [0.05, 0.1) is 0 Å². The molecule has 6 nitrogen and oxygen atoms in total. The van der Waals surface area contributed by atoms with E-state index in [4.69, 9.17) is 0 Å². The number of carbonyl (C=O) groups excluding carboxylic acids is 2. The second kappa shape index (κ2) is 12.0. The molecule has 0 aromatic carbocycles. The van der Waals surface area contributed by atoms with E-state index in [1.807, 2.05) is 0 Å². The molecule has 1 saturated heterocycles. The minimum absolute atomic E-state index is 0.136. The number of carbonyl (C=O) groups is 2. The Balaban J connectivity index is 2.30. The van der Waals surface area contributed by atoms with Crippen LogP contribution in [0.25, 0.3) is 0 Å². The minimum atomic E-state index is -0.435. The second-order valence-corrected chi connectivity index (χ2v) is 12.8. The molecule has 2 aliphatic rings. The summed E-state index contributed by atoms with van der Waals surface area (Å²) in [6.45, 7) is 26.8. The maximum absolute atomic E-state index is 12.9. The molecule has 4 atom stereocenters.